The molecule has 0 spiro atoms. The molecular weight excluding hydrogens is 320 g/mol. The van der Waals surface area contributed by atoms with E-state index in [1.54, 1.807) is 6.20 Å². The van der Waals surface area contributed by atoms with Crippen molar-refractivity contribution in [2.75, 3.05) is 27.2 Å². The van der Waals surface area contributed by atoms with Crippen LogP contribution in [0.4, 0.5) is 0 Å². The summed E-state index contributed by atoms with van der Waals surface area (Å²) >= 11 is 1.86. The lowest BCUT2D eigenvalue weighted by Gasteiger charge is -2.39. The normalized spacial score (nSPS) is 22.5. The quantitative estimate of drug-likeness (QED) is 0.574. The Bertz CT molecular complexity index is 622. The average molecular weight is 347 g/mol. The summed E-state index contributed by atoms with van der Waals surface area (Å²) < 4.78 is 0. The second kappa shape index (κ2) is 8.30. The highest BCUT2D eigenvalue weighted by atomic mass is 32.1. The van der Waals surface area contributed by atoms with Crippen molar-refractivity contribution in [3.63, 3.8) is 0 Å². The summed E-state index contributed by atoms with van der Waals surface area (Å²) in [5.41, 5.74) is 1.05. The lowest BCUT2D eigenvalue weighted by molar-refractivity contribution is 0.125. The molecule has 1 fully saturated rings. The fourth-order valence-corrected chi connectivity index (χ4v) is 4.38. The number of hydrogen-bond acceptors (Lipinski definition) is 4. The van der Waals surface area contributed by atoms with Crippen LogP contribution < -0.4 is 10.6 Å². The highest BCUT2D eigenvalue weighted by molar-refractivity contribution is 7.10. The van der Waals surface area contributed by atoms with Crippen LogP contribution in [0.3, 0.4) is 0 Å². The van der Waals surface area contributed by atoms with Gasteiger partial charge in [0.2, 0.25) is 0 Å². The summed E-state index contributed by atoms with van der Waals surface area (Å²) in [4.78, 5) is 8.28. The fraction of sp³-hybridized carbons (Fsp3) is 0.529. The molecule has 0 aromatic carbocycles. The molecule has 1 aliphatic rings. The third-order valence-corrected chi connectivity index (χ3v) is 5.54. The van der Waals surface area contributed by atoms with Gasteiger partial charge >= 0.3 is 0 Å². The first-order valence-electron chi connectivity index (χ1n) is 8.44. The van der Waals surface area contributed by atoms with Gasteiger partial charge in [0.1, 0.15) is 0 Å². The van der Waals surface area contributed by atoms with Gasteiger partial charge < -0.3 is 10.6 Å². The molecule has 1 aliphatic heterocycles. The molecule has 7 heteroatoms. The van der Waals surface area contributed by atoms with Crippen molar-refractivity contribution in [3.8, 4) is 0 Å². The van der Waals surface area contributed by atoms with Crippen LogP contribution in [0.1, 0.15) is 29.5 Å². The van der Waals surface area contributed by atoms with Crippen LogP contribution >= 0.6 is 11.3 Å². The van der Waals surface area contributed by atoms with Crippen LogP contribution in [0.2, 0.25) is 0 Å². The van der Waals surface area contributed by atoms with Gasteiger partial charge in [-0.05, 0) is 49.9 Å². The van der Waals surface area contributed by atoms with Crippen molar-refractivity contribution in [2.24, 2.45) is 10.9 Å². The van der Waals surface area contributed by atoms with Crippen molar-refractivity contribution in [1.29, 1.82) is 0 Å². The molecule has 0 bridgehead atoms. The number of aromatic amines is 1. The molecule has 2 aromatic heterocycles. The predicted octanol–water partition coefficient (Wildman–Crippen LogP) is 2.22. The molecule has 3 N–H and O–H groups in total. The lowest BCUT2D eigenvalue weighted by Crippen LogP contribution is -2.44. The van der Waals surface area contributed by atoms with E-state index in [1.165, 1.54) is 24.3 Å². The summed E-state index contributed by atoms with van der Waals surface area (Å²) in [5.74, 6) is 1.43. The maximum absolute atomic E-state index is 4.33. The van der Waals surface area contributed by atoms with Crippen LogP contribution in [0, 0.1) is 5.92 Å². The highest BCUT2D eigenvalue weighted by Crippen LogP contribution is 2.36. The minimum Gasteiger partial charge on any atom is -0.356 e. The molecule has 0 radical (unpaired) electrons. The third kappa shape index (κ3) is 4.15. The van der Waals surface area contributed by atoms with Gasteiger partial charge in [-0.2, -0.15) is 5.10 Å². The number of thiophene rings is 1. The number of aromatic nitrogens is 2. The lowest BCUT2D eigenvalue weighted by atomic mass is 9.88. The van der Waals surface area contributed by atoms with Crippen LogP contribution in [-0.2, 0) is 6.54 Å². The second-order valence-corrected chi connectivity index (χ2v) is 7.21. The molecule has 130 valence electrons. The summed E-state index contributed by atoms with van der Waals surface area (Å²) in [7, 11) is 4.05. The molecule has 24 heavy (non-hydrogen) atoms. The Hall–Kier alpha value is -1.86. The predicted molar refractivity (Wildman–Crippen MR) is 99.2 cm³/mol. The Morgan fingerprint density at radius 2 is 2.38 bits per heavy atom. The van der Waals surface area contributed by atoms with Crippen molar-refractivity contribution >= 4 is 17.3 Å². The van der Waals surface area contributed by atoms with E-state index in [2.05, 4.69) is 55.3 Å². The minimum atomic E-state index is 0.497. The topological polar surface area (TPSA) is 68.3 Å². The van der Waals surface area contributed by atoms with E-state index in [1.807, 2.05) is 24.5 Å². The summed E-state index contributed by atoms with van der Waals surface area (Å²) in [6.45, 7) is 2.79. The van der Waals surface area contributed by atoms with Gasteiger partial charge in [0.25, 0.3) is 0 Å². The first-order valence-corrected chi connectivity index (χ1v) is 9.32. The first-order chi connectivity index (χ1) is 11.8. The molecule has 0 aliphatic carbocycles. The summed E-state index contributed by atoms with van der Waals surface area (Å²) in [6.07, 6.45) is 4.26. The van der Waals surface area contributed by atoms with Gasteiger partial charge in [-0.1, -0.05) is 6.07 Å². The van der Waals surface area contributed by atoms with E-state index in [0.29, 0.717) is 18.5 Å². The number of H-pyrrole nitrogens is 1. The molecule has 3 rings (SSSR count). The molecule has 2 atom stereocenters. The molecule has 0 saturated carbocycles. The average Bonchev–Trinajstić information content (AvgIpc) is 3.29. The van der Waals surface area contributed by atoms with Crippen LogP contribution in [0.5, 0.6) is 0 Å². The number of piperidine rings is 1. The van der Waals surface area contributed by atoms with Gasteiger partial charge in [0.05, 0.1) is 12.2 Å². The van der Waals surface area contributed by atoms with Gasteiger partial charge in [0, 0.05) is 30.7 Å². The Morgan fingerprint density at radius 3 is 3.08 bits per heavy atom. The van der Waals surface area contributed by atoms with E-state index in [9.17, 15) is 0 Å². The van der Waals surface area contributed by atoms with E-state index in [-0.39, 0.29) is 0 Å². The van der Waals surface area contributed by atoms with Crippen LogP contribution in [0.25, 0.3) is 0 Å². The molecule has 1 saturated heterocycles. The Balaban J connectivity index is 1.56. The van der Waals surface area contributed by atoms with Gasteiger partial charge in [-0.3, -0.25) is 15.0 Å². The molecular formula is C17H26N6S. The number of hydrogen-bond donors (Lipinski definition) is 3. The SMILES string of the molecule is CN=C(NCc1ccn[nH]1)NCC1CCCN(C)C1c1cccs1. The molecule has 6 nitrogen and oxygen atoms in total. The third-order valence-electron chi connectivity index (χ3n) is 4.60. The number of rotatable bonds is 5. The Kier molecular flexibility index (Phi) is 5.87. The molecule has 2 unspecified atom stereocenters. The van der Waals surface area contributed by atoms with E-state index >= 15 is 0 Å². The standard InChI is InChI=1S/C17H26N6S/c1-18-17(20-12-14-7-8-21-22-14)19-11-13-5-3-9-23(2)16(13)15-6-4-10-24-15/h4,6-8,10,13,16H,3,5,9,11-12H2,1-2H3,(H,21,22)(H2,18,19,20). The van der Waals surface area contributed by atoms with Gasteiger partial charge in [0.15, 0.2) is 5.96 Å². The molecule has 0 amide bonds. The second-order valence-electron chi connectivity index (χ2n) is 6.23. The minimum absolute atomic E-state index is 0.497. The number of nitrogens with zero attached hydrogens (tertiary/aromatic N) is 3. The highest BCUT2D eigenvalue weighted by Gasteiger charge is 2.31. The fourth-order valence-electron chi connectivity index (χ4n) is 3.39. The number of guanidine groups is 1. The van der Waals surface area contributed by atoms with E-state index < -0.39 is 0 Å². The zero-order chi connectivity index (χ0) is 16.8. The Labute approximate surface area is 147 Å². The van der Waals surface area contributed by atoms with Crippen molar-refractivity contribution in [2.45, 2.75) is 25.4 Å². The van der Waals surface area contributed by atoms with E-state index in [4.69, 9.17) is 0 Å². The molecule has 3 heterocycles. The summed E-state index contributed by atoms with van der Waals surface area (Å²) in [6, 6.07) is 6.87. The maximum atomic E-state index is 4.33. The first kappa shape index (κ1) is 17.0. The summed E-state index contributed by atoms with van der Waals surface area (Å²) in [5, 5.41) is 15.9. The van der Waals surface area contributed by atoms with Gasteiger partial charge in [-0.25, -0.2) is 0 Å². The van der Waals surface area contributed by atoms with Crippen molar-refractivity contribution in [1.82, 2.24) is 25.7 Å². The largest absolute Gasteiger partial charge is 0.356 e. The molecule has 2 aromatic rings. The zero-order valence-electron chi connectivity index (χ0n) is 14.3. The smallest absolute Gasteiger partial charge is 0.191 e. The number of likely N-dealkylation sites (tertiary alicyclic amines) is 1. The van der Waals surface area contributed by atoms with E-state index in [0.717, 1.165) is 18.2 Å². The van der Waals surface area contributed by atoms with Crippen LogP contribution in [0.15, 0.2) is 34.8 Å². The maximum Gasteiger partial charge on any atom is 0.191 e. The van der Waals surface area contributed by atoms with Crippen molar-refractivity contribution < 1.29 is 0 Å². The number of aliphatic imine (C=N–C) groups is 1. The monoisotopic (exact) mass is 346 g/mol. The van der Waals surface area contributed by atoms with Crippen LogP contribution in [-0.4, -0.2) is 48.2 Å². The number of nitrogens with one attached hydrogen (secondary N) is 3. The zero-order valence-corrected chi connectivity index (χ0v) is 15.1. The Morgan fingerprint density at radius 1 is 1.46 bits per heavy atom. The van der Waals surface area contributed by atoms with Gasteiger partial charge in [-0.15, -0.1) is 11.3 Å². The van der Waals surface area contributed by atoms with Crippen molar-refractivity contribution in [3.05, 3.63) is 40.3 Å².